The number of rotatable bonds is 12. The molecule has 13 rings (SSSR count). The summed E-state index contributed by atoms with van der Waals surface area (Å²) in [5, 5.41) is 1.42. The molecule has 13 aromatic rings. The van der Waals surface area contributed by atoms with E-state index in [0.29, 0.717) is 56.6 Å². The average Bonchev–Trinajstić information content (AvgIpc) is 4.25. The predicted molar refractivity (Wildman–Crippen MR) is 320 cm³/mol. The Balaban J connectivity index is 0.00000637. The van der Waals surface area contributed by atoms with Gasteiger partial charge in [0, 0.05) is 22.9 Å². The molecule has 0 saturated carbocycles. The summed E-state index contributed by atoms with van der Waals surface area (Å²) in [5.41, 5.74) is 19.8. The van der Waals surface area contributed by atoms with Crippen LogP contribution in [0.4, 0.5) is 0 Å². The topological polar surface area (TPSA) is 96.9 Å². The molecule has 398 valence electrons. The van der Waals surface area contributed by atoms with Gasteiger partial charge in [0.2, 0.25) is 5.71 Å². The second-order valence-corrected chi connectivity index (χ2v) is 22.1. The van der Waals surface area contributed by atoms with Gasteiger partial charge in [-0.25, -0.2) is 4.98 Å². The molecule has 0 saturated heterocycles. The van der Waals surface area contributed by atoms with Crippen LogP contribution in [0.15, 0.2) is 167 Å². The summed E-state index contributed by atoms with van der Waals surface area (Å²) in [6, 6.07) is 62.8. The molecule has 0 fully saturated rings. The zero-order chi connectivity index (χ0) is 54.4. The molecule has 0 amide bonds. The summed E-state index contributed by atoms with van der Waals surface area (Å²) >= 11 is 0. The molecule has 0 aliphatic heterocycles. The van der Waals surface area contributed by atoms with Gasteiger partial charge >= 0.3 is 21.1 Å². The summed E-state index contributed by atoms with van der Waals surface area (Å²) in [5.74, 6) is 3.69. The van der Waals surface area contributed by atoms with Crippen molar-refractivity contribution in [2.75, 3.05) is 0 Å². The predicted octanol–water partition coefficient (Wildman–Crippen LogP) is 19.0. The van der Waals surface area contributed by atoms with Crippen molar-refractivity contribution in [2.24, 2.45) is 0 Å². The van der Waals surface area contributed by atoms with E-state index < -0.39 is 0 Å². The number of imidazole rings is 2. The molecule has 0 atom stereocenters. The van der Waals surface area contributed by atoms with Crippen molar-refractivity contribution in [1.29, 1.82) is 0 Å². The minimum Gasteiger partial charge on any atom is -0.497 e. The smallest absolute Gasteiger partial charge is 0.497 e. The molecular weight excluding hydrogens is 1170 g/mol. The van der Waals surface area contributed by atoms with Gasteiger partial charge in [-0.2, -0.15) is 4.98 Å². The first kappa shape index (κ1) is 52.3. The van der Waals surface area contributed by atoms with Crippen molar-refractivity contribution in [2.45, 2.75) is 92.9 Å². The molecule has 8 aromatic carbocycles. The van der Waals surface area contributed by atoms with Crippen LogP contribution in [0.3, 0.4) is 0 Å². The van der Waals surface area contributed by atoms with E-state index in [1.807, 2.05) is 44.2 Å². The van der Waals surface area contributed by atoms with Gasteiger partial charge in [-0.1, -0.05) is 164 Å². The van der Waals surface area contributed by atoms with Crippen molar-refractivity contribution in [3.05, 3.63) is 204 Å². The Bertz CT molecular complexity index is 4450. The van der Waals surface area contributed by atoms with Crippen LogP contribution in [0.2, 0.25) is 0 Å². The van der Waals surface area contributed by atoms with Gasteiger partial charge in [0.25, 0.3) is 0 Å². The van der Waals surface area contributed by atoms with E-state index in [0.717, 1.165) is 55.9 Å². The fourth-order valence-electron chi connectivity index (χ4n) is 11.5. The molecule has 5 heterocycles. The largest absolute Gasteiger partial charge is 2.00 e. The summed E-state index contributed by atoms with van der Waals surface area (Å²) < 4.78 is 25.4. The molecule has 80 heavy (non-hydrogen) atoms. The molecule has 0 radical (unpaired) electrons. The first-order chi connectivity index (χ1) is 38.3. The van der Waals surface area contributed by atoms with Crippen LogP contribution in [0, 0.1) is 26.0 Å². The Morgan fingerprint density at radius 1 is 0.450 bits per heavy atom. The molecule has 0 spiro atoms. The molecule has 9 nitrogen and oxygen atoms in total. The Kier molecular flexibility index (Phi) is 13.5. The Morgan fingerprint density at radius 2 is 0.950 bits per heavy atom. The van der Waals surface area contributed by atoms with Gasteiger partial charge in [0.15, 0.2) is 11.2 Å². The van der Waals surface area contributed by atoms with Gasteiger partial charge in [-0.05, 0) is 136 Å². The Hall–Kier alpha value is -8.39. The molecule has 0 aliphatic rings. The van der Waals surface area contributed by atoms with Crippen molar-refractivity contribution in [3.8, 4) is 67.9 Å². The first-order valence-electron chi connectivity index (χ1n) is 27.5. The number of hydrogen-bond acceptors (Lipinski definition) is 7. The van der Waals surface area contributed by atoms with Crippen molar-refractivity contribution < 1.29 is 34.6 Å². The van der Waals surface area contributed by atoms with Crippen molar-refractivity contribution >= 4 is 55.3 Å². The molecule has 10 heteroatoms. The monoisotopic (exact) mass is 1230 g/mol. The van der Waals surface area contributed by atoms with Crippen molar-refractivity contribution in [3.63, 3.8) is 0 Å². The summed E-state index contributed by atoms with van der Waals surface area (Å²) in [7, 11) is 0. The van der Waals surface area contributed by atoms with Gasteiger partial charge in [0.05, 0.1) is 45.0 Å². The minimum absolute atomic E-state index is 0. The number of hydrogen-bond donors (Lipinski definition) is 0. The number of aromatic nitrogens is 6. The Morgan fingerprint density at radius 3 is 1.49 bits per heavy atom. The number of aryl methyl sites for hydroxylation is 2. The normalized spacial score (nSPS) is 12.0. The van der Waals surface area contributed by atoms with E-state index in [1.54, 1.807) is 0 Å². The van der Waals surface area contributed by atoms with Gasteiger partial charge in [0.1, 0.15) is 11.2 Å². The SMILES string of the molecule is Cc1nc(C)c2c(n1)oc1c3cc(Oc4[c-]c(-c5nc6ccccc6n5-c5c(C(C)C)cc(-c6ccccc6)cc5C(C)C)ccc4)[c-]c(-c4nc5ccccc5n4-c4c(C(C)C)cc(-c5ccccc5)cc4C(C)C)c3oc12.[Pt+2]. The number of ether oxygens (including phenoxy) is 1. The van der Waals surface area contributed by atoms with Crippen LogP contribution >= 0.6 is 0 Å². The summed E-state index contributed by atoms with van der Waals surface area (Å²) in [4.78, 5) is 20.3. The van der Waals surface area contributed by atoms with Crippen LogP contribution in [0.5, 0.6) is 11.5 Å². The maximum absolute atomic E-state index is 7.07. The number of nitrogens with zero attached hydrogens (tertiary/aromatic N) is 6. The van der Waals surface area contributed by atoms with E-state index in [4.69, 9.17) is 33.5 Å². The third-order valence-corrected chi connectivity index (χ3v) is 15.3. The number of furan rings is 2. The first-order valence-corrected chi connectivity index (χ1v) is 27.5. The maximum atomic E-state index is 7.07. The number of benzene rings is 8. The number of para-hydroxylation sites is 4. The standard InChI is InChI=1S/C70H60N6O3.Pt/c1-39(2)52-33-48(45-22-13-11-14-23-45)34-53(40(3)4)63(52)75-60-30-19-17-28-58(60)73-68(75)47-26-21-27-50(32-47)77-51-37-56-65(78-67-62-43(9)71-44(10)72-70(62)79-66(56)67)57(38-51)69-74-59-29-18-20-31-61(59)76(69)64-54(41(5)6)35-49(36-55(64)42(7)8)46-24-15-12-16-25-46;/h11-31,33-37,39-42H,1-10H3;/q-2;+2. The van der Waals surface area contributed by atoms with Crippen LogP contribution in [-0.4, -0.2) is 29.1 Å². The summed E-state index contributed by atoms with van der Waals surface area (Å²) in [6.45, 7) is 22.0. The molecule has 0 unspecified atom stereocenters. The zero-order valence-electron chi connectivity index (χ0n) is 46.5. The second kappa shape index (κ2) is 20.7. The van der Waals surface area contributed by atoms with Gasteiger partial charge in [-0.3, -0.25) is 9.97 Å². The molecule has 5 aromatic heterocycles. The van der Waals surface area contributed by atoms with Crippen LogP contribution < -0.4 is 4.74 Å². The molecule has 0 N–H and O–H groups in total. The average molecular weight is 1230 g/mol. The van der Waals surface area contributed by atoms with Gasteiger partial charge < -0.3 is 22.7 Å². The van der Waals surface area contributed by atoms with Gasteiger partial charge in [-0.15, -0.1) is 23.8 Å². The van der Waals surface area contributed by atoms with E-state index >= 15 is 0 Å². The quantitative estimate of drug-likeness (QED) is 0.112. The fourth-order valence-corrected chi connectivity index (χ4v) is 11.5. The van der Waals surface area contributed by atoms with Crippen molar-refractivity contribution in [1.82, 2.24) is 29.1 Å². The van der Waals surface area contributed by atoms with E-state index in [2.05, 4.69) is 204 Å². The van der Waals surface area contributed by atoms with Crippen LogP contribution in [0.25, 0.3) is 112 Å². The maximum Gasteiger partial charge on any atom is 2.00 e. The van der Waals surface area contributed by atoms with Crippen LogP contribution in [0.1, 0.15) is 113 Å². The minimum atomic E-state index is 0. The van der Waals surface area contributed by atoms with E-state index in [9.17, 15) is 0 Å². The third kappa shape index (κ3) is 8.92. The zero-order valence-corrected chi connectivity index (χ0v) is 48.8. The number of fused-ring (bicyclic) bond motifs is 7. The summed E-state index contributed by atoms with van der Waals surface area (Å²) in [6.07, 6.45) is 0. The Labute approximate surface area is 480 Å². The molecule has 0 bridgehead atoms. The third-order valence-electron chi connectivity index (χ3n) is 15.3. The molecular formula is C70H60N6O3Pt. The van der Waals surface area contributed by atoms with E-state index in [-0.39, 0.29) is 44.7 Å². The fraction of sp³-hybridized carbons (Fsp3) is 0.200. The molecule has 0 aliphatic carbocycles. The second-order valence-electron chi connectivity index (χ2n) is 22.1. The van der Waals surface area contributed by atoms with E-state index in [1.165, 1.54) is 44.5 Å². The van der Waals surface area contributed by atoms with Crippen LogP contribution in [-0.2, 0) is 21.1 Å².